The first kappa shape index (κ1) is 19.6. The third kappa shape index (κ3) is 4.30. The lowest BCUT2D eigenvalue weighted by Gasteiger charge is -2.23. The van der Waals surface area contributed by atoms with E-state index in [4.69, 9.17) is 0 Å². The van der Waals surface area contributed by atoms with Crippen molar-refractivity contribution in [2.45, 2.75) is 26.6 Å². The predicted octanol–water partition coefficient (Wildman–Crippen LogP) is 3.93. The van der Waals surface area contributed by atoms with Gasteiger partial charge in [0.15, 0.2) is 0 Å². The number of carbonyl (C=O) groups is 1. The van der Waals surface area contributed by atoms with Crippen molar-refractivity contribution in [3.05, 3.63) is 112 Å². The number of amides is 1. The molecule has 0 bridgehead atoms. The fourth-order valence-electron chi connectivity index (χ4n) is 3.58. The number of rotatable bonds is 6. The van der Waals surface area contributed by atoms with Gasteiger partial charge < -0.3 is 4.90 Å². The van der Waals surface area contributed by atoms with Crippen LogP contribution in [0, 0.1) is 6.92 Å². The zero-order valence-electron chi connectivity index (χ0n) is 16.9. The molecular formula is C25H23N3O2. The van der Waals surface area contributed by atoms with Crippen molar-refractivity contribution in [2.75, 3.05) is 0 Å². The van der Waals surface area contributed by atoms with Crippen LogP contribution in [-0.2, 0) is 24.4 Å². The van der Waals surface area contributed by atoms with Gasteiger partial charge in [-0.05, 0) is 24.1 Å². The second-order valence-electron chi connectivity index (χ2n) is 7.31. The molecule has 1 aromatic heterocycles. The van der Waals surface area contributed by atoms with E-state index < -0.39 is 0 Å². The van der Waals surface area contributed by atoms with Crippen LogP contribution < -0.4 is 5.56 Å². The van der Waals surface area contributed by atoms with Crippen molar-refractivity contribution in [3.63, 3.8) is 0 Å². The molecular weight excluding hydrogens is 374 g/mol. The summed E-state index contributed by atoms with van der Waals surface area (Å²) in [6, 6.07) is 27.1. The SMILES string of the molecule is Cc1nn(CC(=O)N(Cc2ccccc2)Cc2ccccc2)c(=O)c2ccccc12. The number of hydrogen-bond donors (Lipinski definition) is 0. The van der Waals surface area contributed by atoms with E-state index in [1.165, 1.54) is 4.68 Å². The lowest BCUT2D eigenvalue weighted by atomic mass is 10.1. The molecule has 0 fully saturated rings. The molecule has 0 aliphatic heterocycles. The fourth-order valence-corrected chi connectivity index (χ4v) is 3.58. The van der Waals surface area contributed by atoms with Crippen molar-refractivity contribution in [2.24, 2.45) is 0 Å². The Hall–Kier alpha value is -3.73. The summed E-state index contributed by atoms with van der Waals surface area (Å²) < 4.78 is 1.28. The van der Waals surface area contributed by atoms with E-state index in [0.29, 0.717) is 18.5 Å². The average Bonchev–Trinajstić information content (AvgIpc) is 2.78. The minimum atomic E-state index is -0.246. The topological polar surface area (TPSA) is 55.2 Å². The van der Waals surface area contributed by atoms with Gasteiger partial charge in [-0.2, -0.15) is 5.10 Å². The van der Waals surface area contributed by atoms with E-state index in [-0.39, 0.29) is 18.0 Å². The van der Waals surface area contributed by atoms with E-state index >= 15 is 0 Å². The van der Waals surface area contributed by atoms with Crippen LogP contribution in [0.2, 0.25) is 0 Å². The molecule has 0 unspecified atom stereocenters. The molecule has 0 saturated carbocycles. The van der Waals surface area contributed by atoms with Gasteiger partial charge in [0.25, 0.3) is 5.56 Å². The molecule has 0 spiro atoms. The summed E-state index contributed by atoms with van der Waals surface area (Å²) >= 11 is 0. The highest BCUT2D eigenvalue weighted by molar-refractivity contribution is 5.83. The summed E-state index contributed by atoms with van der Waals surface area (Å²) in [7, 11) is 0. The largest absolute Gasteiger partial charge is 0.332 e. The Balaban J connectivity index is 1.64. The number of aryl methyl sites for hydroxylation is 1. The Morgan fingerprint density at radius 2 is 1.30 bits per heavy atom. The number of hydrogen-bond acceptors (Lipinski definition) is 3. The Morgan fingerprint density at radius 1 is 0.800 bits per heavy atom. The maximum absolute atomic E-state index is 13.2. The Morgan fingerprint density at radius 3 is 1.87 bits per heavy atom. The van der Waals surface area contributed by atoms with Gasteiger partial charge in [0.2, 0.25) is 5.91 Å². The van der Waals surface area contributed by atoms with Gasteiger partial charge in [0, 0.05) is 18.5 Å². The molecule has 5 heteroatoms. The molecule has 0 saturated heterocycles. The fraction of sp³-hybridized carbons (Fsp3) is 0.160. The Labute approximate surface area is 175 Å². The number of fused-ring (bicyclic) bond motifs is 1. The third-order valence-electron chi connectivity index (χ3n) is 5.12. The van der Waals surface area contributed by atoms with Gasteiger partial charge in [0.05, 0.1) is 11.1 Å². The lowest BCUT2D eigenvalue weighted by Crippen LogP contribution is -2.37. The smallest absolute Gasteiger partial charge is 0.275 e. The molecule has 150 valence electrons. The molecule has 0 radical (unpaired) electrons. The summed E-state index contributed by atoms with van der Waals surface area (Å²) in [5.74, 6) is -0.146. The van der Waals surface area contributed by atoms with Crippen molar-refractivity contribution in [1.29, 1.82) is 0 Å². The summed E-state index contributed by atoms with van der Waals surface area (Å²) in [6.07, 6.45) is 0. The molecule has 0 N–H and O–H groups in total. The van der Waals surface area contributed by atoms with E-state index in [9.17, 15) is 9.59 Å². The Kier molecular flexibility index (Phi) is 5.70. The quantitative estimate of drug-likeness (QED) is 0.495. The number of benzene rings is 3. The summed E-state index contributed by atoms with van der Waals surface area (Å²) in [5.41, 5.74) is 2.56. The van der Waals surface area contributed by atoms with Gasteiger partial charge >= 0.3 is 0 Å². The lowest BCUT2D eigenvalue weighted by molar-refractivity contribution is -0.133. The Bertz CT molecular complexity index is 1180. The van der Waals surface area contributed by atoms with Gasteiger partial charge in [-0.25, -0.2) is 4.68 Å². The normalized spacial score (nSPS) is 10.8. The van der Waals surface area contributed by atoms with Gasteiger partial charge in [0.1, 0.15) is 6.54 Å². The van der Waals surface area contributed by atoms with Crippen LogP contribution in [-0.4, -0.2) is 20.6 Å². The molecule has 3 aromatic carbocycles. The van der Waals surface area contributed by atoms with Crippen LogP contribution in [0.3, 0.4) is 0 Å². The minimum absolute atomic E-state index is 0.0931. The predicted molar refractivity (Wildman–Crippen MR) is 118 cm³/mol. The second kappa shape index (κ2) is 8.74. The molecule has 1 amide bonds. The highest BCUT2D eigenvalue weighted by Gasteiger charge is 2.18. The molecule has 0 aliphatic carbocycles. The molecule has 4 aromatic rings. The van der Waals surface area contributed by atoms with E-state index in [1.54, 1.807) is 11.0 Å². The van der Waals surface area contributed by atoms with Crippen molar-refractivity contribution >= 4 is 16.7 Å². The maximum Gasteiger partial charge on any atom is 0.275 e. The summed E-state index contributed by atoms with van der Waals surface area (Å²) in [5, 5.41) is 5.79. The van der Waals surface area contributed by atoms with Crippen molar-refractivity contribution in [3.8, 4) is 0 Å². The first-order valence-corrected chi connectivity index (χ1v) is 9.94. The number of nitrogens with zero attached hydrogens (tertiary/aromatic N) is 3. The summed E-state index contributed by atoms with van der Waals surface area (Å²) in [6.45, 7) is 2.70. The zero-order valence-corrected chi connectivity index (χ0v) is 16.9. The standard InChI is InChI=1S/C25H23N3O2/c1-19-22-14-8-9-15-23(22)25(30)28(26-19)18-24(29)27(16-20-10-4-2-5-11-20)17-21-12-6-3-7-13-21/h2-15H,16-18H2,1H3. The molecule has 5 nitrogen and oxygen atoms in total. The molecule has 1 heterocycles. The van der Waals surface area contributed by atoms with Gasteiger partial charge in [-0.15, -0.1) is 0 Å². The van der Waals surface area contributed by atoms with E-state index in [0.717, 1.165) is 22.2 Å². The van der Waals surface area contributed by atoms with Crippen LogP contribution in [0.5, 0.6) is 0 Å². The van der Waals surface area contributed by atoms with Gasteiger partial charge in [-0.1, -0.05) is 78.9 Å². The monoisotopic (exact) mass is 397 g/mol. The number of aromatic nitrogens is 2. The first-order chi connectivity index (χ1) is 14.6. The minimum Gasteiger partial charge on any atom is -0.332 e. The number of carbonyl (C=O) groups excluding carboxylic acids is 1. The van der Waals surface area contributed by atoms with Crippen LogP contribution in [0.1, 0.15) is 16.8 Å². The first-order valence-electron chi connectivity index (χ1n) is 9.94. The molecule has 4 rings (SSSR count). The van der Waals surface area contributed by atoms with Crippen molar-refractivity contribution < 1.29 is 4.79 Å². The highest BCUT2D eigenvalue weighted by Crippen LogP contribution is 2.13. The van der Waals surface area contributed by atoms with Gasteiger partial charge in [-0.3, -0.25) is 9.59 Å². The average molecular weight is 397 g/mol. The van der Waals surface area contributed by atoms with E-state index in [2.05, 4.69) is 5.10 Å². The third-order valence-corrected chi connectivity index (χ3v) is 5.12. The van der Waals surface area contributed by atoms with Crippen molar-refractivity contribution in [1.82, 2.24) is 14.7 Å². The summed E-state index contributed by atoms with van der Waals surface area (Å²) in [4.78, 5) is 27.9. The highest BCUT2D eigenvalue weighted by atomic mass is 16.2. The van der Waals surface area contributed by atoms with Crippen LogP contribution in [0.4, 0.5) is 0 Å². The van der Waals surface area contributed by atoms with Crippen LogP contribution in [0.25, 0.3) is 10.8 Å². The zero-order chi connectivity index (χ0) is 20.9. The van der Waals surface area contributed by atoms with E-state index in [1.807, 2.05) is 85.8 Å². The molecule has 0 atom stereocenters. The van der Waals surface area contributed by atoms with Crippen LogP contribution >= 0.6 is 0 Å². The van der Waals surface area contributed by atoms with Crippen LogP contribution in [0.15, 0.2) is 89.7 Å². The second-order valence-corrected chi connectivity index (χ2v) is 7.31. The molecule has 0 aliphatic rings. The molecule has 30 heavy (non-hydrogen) atoms. The maximum atomic E-state index is 13.2.